The number of rotatable bonds is 7. The Kier molecular flexibility index (Phi) is 6.30. The Balaban J connectivity index is 1.59. The highest BCUT2D eigenvalue weighted by Gasteiger charge is 2.15. The molecule has 0 aromatic heterocycles. The Bertz CT molecular complexity index is 1170. The summed E-state index contributed by atoms with van der Waals surface area (Å²) in [6.45, 7) is 2.92. The number of ether oxygens (including phenoxy) is 4. The van der Waals surface area contributed by atoms with Gasteiger partial charge in [-0.05, 0) is 60.5 Å². The third-order valence-electron chi connectivity index (χ3n) is 4.72. The molecule has 0 N–H and O–H groups in total. The Hall–Kier alpha value is -3.62. The number of nitrogens with zero attached hydrogens (tertiary/aromatic N) is 1. The predicted octanol–water partition coefficient (Wildman–Crippen LogP) is 6.11. The van der Waals surface area contributed by atoms with E-state index < -0.39 is 0 Å². The van der Waals surface area contributed by atoms with E-state index in [9.17, 15) is 5.26 Å². The molecule has 1 aliphatic rings. The van der Waals surface area contributed by atoms with E-state index >= 15 is 0 Å². The molecule has 0 bridgehead atoms. The molecular weight excluding hydrogens is 414 g/mol. The van der Waals surface area contributed by atoms with E-state index in [2.05, 4.69) is 6.07 Å². The summed E-state index contributed by atoms with van der Waals surface area (Å²) < 4.78 is 22.5. The topological polar surface area (TPSA) is 60.7 Å². The highest BCUT2D eigenvalue weighted by molar-refractivity contribution is 6.31. The summed E-state index contributed by atoms with van der Waals surface area (Å²) in [6, 6.07) is 20.8. The van der Waals surface area contributed by atoms with E-state index in [1.54, 1.807) is 12.1 Å². The summed E-state index contributed by atoms with van der Waals surface area (Å²) >= 11 is 6.22. The molecule has 0 radical (unpaired) electrons. The fourth-order valence-electron chi connectivity index (χ4n) is 3.18. The van der Waals surface area contributed by atoms with Crippen molar-refractivity contribution in [2.75, 3.05) is 13.4 Å². The van der Waals surface area contributed by atoms with Crippen LogP contribution in [0.4, 0.5) is 0 Å². The molecular formula is C25H20ClNO4. The number of benzene rings is 3. The molecule has 0 saturated heterocycles. The fourth-order valence-corrected chi connectivity index (χ4v) is 3.37. The van der Waals surface area contributed by atoms with Crippen molar-refractivity contribution < 1.29 is 18.9 Å². The largest absolute Gasteiger partial charge is 0.490 e. The lowest BCUT2D eigenvalue weighted by Gasteiger charge is -2.13. The minimum atomic E-state index is 0.192. The molecule has 3 aromatic carbocycles. The first-order valence-corrected chi connectivity index (χ1v) is 10.2. The molecule has 0 aliphatic carbocycles. The van der Waals surface area contributed by atoms with Crippen molar-refractivity contribution in [3.8, 4) is 29.1 Å². The number of nitriles is 1. The number of hydrogen-bond acceptors (Lipinski definition) is 5. The van der Waals surface area contributed by atoms with Gasteiger partial charge in [-0.2, -0.15) is 5.26 Å². The molecule has 1 aliphatic heterocycles. The molecule has 0 atom stereocenters. The van der Waals surface area contributed by atoms with Gasteiger partial charge >= 0.3 is 0 Å². The van der Waals surface area contributed by atoms with Crippen molar-refractivity contribution in [3.05, 3.63) is 82.4 Å². The molecule has 3 aromatic rings. The van der Waals surface area contributed by atoms with Gasteiger partial charge in [0.15, 0.2) is 23.0 Å². The van der Waals surface area contributed by atoms with Gasteiger partial charge in [0, 0.05) is 10.6 Å². The number of halogens is 1. The molecule has 6 heteroatoms. The molecule has 0 amide bonds. The van der Waals surface area contributed by atoms with Gasteiger partial charge in [0.05, 0.1) is 18.2 Å². The second-order valence-corrected chi connectivity index (χ2v) is 7.16. The zero-order valence-corrected chi connectivity index (χ0v) is 17.7. The van der Waals surface area contributed by atoms with E-state index in [0.29, 0.717) is 46.8 Å². The monoisotopic (exact) mass is 433 g/mol. The van der Waals surface area contributed by atoms with Gasteiger partial charge in [0.1, 0.15) is 6.61 Å². The van der Waals surface area contributed by atoms with Crippen molar-refractivity contribution in [1.29, 1.82) is 5.26 Å². The Morgan fingerprint density at radius 3 is 2.68 bits per heavy atom. The molecule has 1 heterocycles. The van der Waals surface area contributed by atoms with Crippen LogP contribution in [0.1, 0.15) is 23.6 Å². The van der Waals surface area contributed by atoms with Crippen molar-refractivity contribution in [2.24, 2.45) is 0 Å². The van der Waals surface area contributed by atoms with Crippen LogP contribution in [-0.4, -0.2) is 13.4 Å². The summed E-state index contributed by atoms with van der Waals surface area (Å²) in [5, 5.41) is 10.3. The summed E-state index contributed by atoms with van der Waals surface area (Å²) in [5.74, 6) is 2.53. The van der Waals surface area contributed by atoms with Crippen molar-refractivity contribution in [3.63, 3.8) is 0 Å². The zero-order valence-electron chi connectivity index (χ0n) is 16.9. The third kappa shape index (κ3) is 4.76. The number of allylic oxidation sites excluding steroid dienone is 1. The van der Waals surface area contributed by atoms with Crippen LogP contribution < -0.4 is 18.9 Å². The Morgan fingerprint density at radius 1 is 1.03 bits per heavy atom. The lowest BCUT2D eigenvalue weighted by atomic mass is 10.0. The standard InChI is InChI=1S/C25H20ClNO4/c1-2-28-24-12-17(7-9-22(24)29-15-19-5-3-4-6-21(19)26)11-20(14-27)18-8-10-23-25(13-18)31-16-30-23/h3-13H,2,15-16H2,1H3/b20-11-. The maximum Gasteiger partial charge on any atom is 0.231 e. The summed E-state index contributed by atoms with van der Waals surface area (Å²) in [5.41, 5.74) is 2.97. The molecule has 0 fully saturated rings. The van der Waals surface area contributed by atoms with E-state index in [4.69, 9.17) is 30.5 Å². The molecule has 156 valence electrons. The molecule has 4 rings (SSSR count). The normalized spacial score (nSPS) is 12.4. The second-order valence-electron chi connectivity index (χ2n) is 6.76. The average Bonchev–Trinajstić information content (AvgIpc) is 3.26. The van der Waals surface area contributed by atoms with Gasteiger partial charge < -0.3 is 18.9 Å². The van der Waals surface area contributed by atoms with Gasteiger partial charge in [0.2, 0.25) is 6.79 Å². The quantitative estimate of drug-likeness (QED) is 0.332. The second kappa shape index (κ2) is 9.46. The van der Waals surface area contributed by atoms with E-state index in [1.807, 2.05) is 61.5 Å². The summed E-state index contributed by atoms with van der Waals surface area (Å²) in [6.07, 6.45) is 1.80. The average molecular weight is 434 g/mol. The highest BCUT2D eigenvalue weighted by atomic mass is 35.5. The van der Waals surface area contributed by atoms with Gasteiger partial charge in [-0.15, -0.1) is 0 Å². The lowest BCUT2D eigenvalue weighted by molar-refractivity contribution is 0.174. The molecule has 0 spiro atoms. The minimum Gasteiger partial charge on any atom is -0.490 e. The first-order chi connectivity index (χ1) is 15.2. The van der Waals surface area contributed by atoms with Gasteiger partial charge in [-0.1, -0.05) is 35.9 Å². The number of fused-ring (bicyclic) bond motifs is 1. The zero-order chi connectivity index (χ0) is 21.6. The van der Waals surface area contributed by atoms with E-state index in [-0.39, 0.29) is 6.79 Å². The van der Waals surface area contributed by atoms with Crippen LogP contribution in [0.3, 0.4) is 0 Å². The first-order valence-electron chi connectivity index (χ1n) is 9.83. The molecule has 0 saturated carbocycles. The van der Waals surface area contributed by atoms with Crippen molar-refractivity contribution in [2.45, 2.75) is 13.5 Å². The fraction of sp³-hybridized carbons (Fsp3) is 0.160. The predicted molar refractivity (Wildman–Crippen MR) is 119 cm³/mol. The third-order valence-corrected chi connectivity index (χ3v) is 5.09. The van der Waals surface area contributed by atoms with Crippen LogP contribution in [0, 0.1) is 11.3 Å². The highest BCUT2D eigenvalue weighted by Crippen LogP contribution is 2.36. The lowest BCUT2D eigenvalue weighted by Crippen LogP contribution is -2.00. The Morgan fingerprint density at radius 2 is 1.87 bits per heavy atom. The van der Waals surface area contributed by atoms with Gasteiger partial charge in [0.25, 0.3) is 0 Å². The molecule has 0 unspecified atom stereocenters. The Labute approximate surface area is 186 Å². The summed E-state index contributed by atoms with van der Waals surface area (Å²) in [7, 11) is 0. The molecule has 5 nitrogen and oxygen atoms in total. The van der Waals surface area contributed by atoms with Crippen molar-refractivity contribution >= 4 is 23.3 Å². The first kappa shape index (κ1) is 20.6. The number of hydrogen-bond donors (Lipinski definition) is 0. The smallest absolute Gasteiger partial charge is 0.231 e. The van der Waals surface area contributed by atoms with Crippen molar-refractivity contribution in [1.82, 2.24) is 0 Å². The molecule has 31 heavy (non-hydrogen) atoms. The SMILES string of the molecule is CCOc1cc(/C=C(/C#N)c2ccc3c(c2)OCO3)ccc1OCc1ccccc1Cl. The van der Waals surface area contributed by atoms with Crippen LogP contribution in [0.2, 0.25) is 5.02 Å². The van der Waals surface area contributed by atoms with Crippen LogP contribution in [-0.2, 0) is 6.61 Å². The maximum atomic E-state index is 9.69. The summed E-state index contributed by atoms with van der Waals surface area (Å²) in [4.78, 5) is 0. The van der Waals surface area contributed by atoms with Gasteiger partial charge in [-0.25, -0.2) is 0 Å². The van der Waals surface area contributed by atoms with E-state index in [1.165, 1.54) is 0 Å². The van der Waals surface area contributed by atoms with Crippen LogP contribution in [0.25, 0.3) is 11.6 Å². The van der Waals surface area contributed by atoms with Crippen LogP contribution in [0.5, 0.6) is 23.0 Å². The van der Waals surface area contributed by atoms with Crippen LogP contribution in [0.15, 0.2) is 60.7 Å². The maximum absolute atomic E-state index is 9.69. The van der Waals surface area contributed by atoms with E-state index in [0.717, 1.165) is 16.7 Å². The van der Waals surface area contributed by atoms with Gasteiger partial charge in [-0.3, -0.25) is 0 Å². The van der Waals surface area contributed by atoms with Crippen LogP contribution >= 0.6 is 11.6 Å². The minimum absolute atomic E-state index is 0.192.